The highest BCUT2D eigenvalue weighted by Gasteiger charge is 2.51. The lowest BCUT2D eigenvalue weighted by molar-refractivity contribution is -0.123. The molecule has 11 heavy (non-hydrogen) atoms. The van der Waals surface area contributed by atoms with Gasteiger partial charge in [0.05, 0.1) is 0 Å². The number of allylic oxidation sites excluding steroid dienone is 2. The summed E-state index contributed by atoms with van der Waals surface area (Å²) in [6, 6.07) is 0. The van der Waals surface area contributed by atoms with Gasteiger partial charge in [-0.1, -0.05) is 12.2 Å². The molecule has 0 saturated heterocycles. The third-order valence-electron chi connectivity index (χ3n) is 3.76. The third kappa shape index (κ3) is 0.597. The number of fused-ring (bicyclic) bond motifs is 5. The summed E-state index contributed by atoms with van der Waals surface area (Å²) in [5.41, 5.74) is 0. The molecule has 0 aromatic heterocycles. The number of hydrogen-bond acceptors (Lipinski definition) is 1. The van der Waals surface area contributed by atoms with Crippen LogP contribution in [0.5, 0.6) is 0 Å². The molecule has 3 rings (SSSR count). The van der Waals surface area contributed by atoms with E-state index in [-0.39, 0.29) is 0 Å². The highest BCUT2D eigenvalue weighted by atomic mass is 16.1. The first-order chi connectivity index (χ1) is 5.36. The Morgan fingerprint density at radius 1 is 1.45 bits per heavy atom. The van der Waals surface area contributed by atoms with Gasteiger partial charge in [-0.3, -0.25) is 4.79 Å². The van der Waals surface area contributed by atoms with E-state index in [1.807, 2.05) is 0 Å². The largest absolute Gasteiger partial charge is 0.299 e. The Morgan fingerprint density at radius 2 is 2.36 bits per heavy atom. The van der Waals surface area contributed by atoms with Crippen LogP contribution in [0.1, 0.15) is 19.3 Å². The molecule has 2 fully saturated rings. The van der Waals surface area contributed by atoms with E-state index in [9.17, 15) is 4.79 Å². The van der Waals surface area contributed by atoms with Crippen LogP contribution in [0, 0.1) is 23.7 Å². The minimum atomic E-state index is 0.458. The Hall–Kier alpha value is -0.590. The van der Waals surface area contributed by atoms with Crippen molar-refractivity contribution in [3.63, 3.8) is 0 Å². The SMILES string of the molecule is O=C1C[C@H]2C[C@H]1[C@H]1CC=C[C@H]21. The van der Waals surface area contributed by atoms with E-state index < -0.39 is 0 Å². The summed E-state index contributed by atoms with van der Waals surface area (Å²) < 4.78 is 0. The molecule has 4 atom stereocenters. The van der Waals surface area contributed by atoms with E-state index in [0.29, 0.717) is 11.7 Å². The first-order valence-corrected chi connectivity index (χ1v) is 4.55. The second-order valence-electron chi connectivity index (χ2n) is 4.18. The summed E-state index contributed by atoms with van der Waals surface area (Å²) >= 11 is 0. The predicted molar refractivity (Wildman–Crippen MR) is 42.0 cm³/mol. The molecule has 0 aromatic rings. The van der Waals surface area contributed by atoms with Crippen LogP contribution in [-0.4, -0.2) is 5.78 Å². The van der Waals surface area contributed by atoms with Gasteiger partial charge in [0.2, 0.25) is 0 Å². The van der Waals surface area contributed by atoms with Gasteiger partial charge in [0.15, 0.2) is 0 Å². The molecule has 0 aromatic carbocycles. The molecule has 3 aliphatic carbocycles. The van der Waals surface area contributed by atoms with Gasteiger partial charge in [-0.25, -0.2) is 0 Å². The Balaban J connectivity index is 1.99. The minimum absolute atomic E-state index is 0.458. The Bertz CT molecular complexity index is 241. The van der Waals surface area contributed by atoms with Crippen molar-refractivity contribution in [2.45, 2.75) is 19.3 Å². The second kappa shape index (κ2) is 1.77. The van der Waals surface area contributed by atoms with Gasteiger partial charge in [0, 0.05) is 12.3 Å². The maximum atomic E-state index is 11.4. The zero-order chi connectivity index (χ0) is 7.42. The van der Waals surface area contributed by atoms with Gasteiger partial charge in [-0.05, 0) is 30.6 Å². The van der Waals surface area contributed by atoms with Crippen LogP contribution in [0.2, 0.25) is 0 Å². The first kappa shape index (κ1) is 5.99. The fourth-order valence-electron chi connectivity index (χ4n) is 3.29. The Kier molecular flexibility index (Phi) is 0.961. The lowest BCUT2D eigenvalue weighted by Crippen LogP contribution is -2.24. The van der Waals surface area contributed by atoms with Crippen molar-refractivity contribution in [1.82, 2.24) is 0 Å². The monoisotopic (exact) mass is 148 g/mol. The zero-order valence-corrected chi connectivity index (χ0v) is 6.49. The fraction of sp³-hybridized carbons (Fsp3) is 0.700. The maximum Gasteiger partial charge on any atom is 0.136 e. The number of ketones is 1. The molecule has 0 amide bonds. The van der Waals surface area contributed by atoms with Crippen molar-refractivity contribution < 1.29 is 4.79 Å². The van der Waals surface area contributed by atoms with E-state index >= 15 is 0 Å². The molecule has 0 aliphatic heterocycles. The van der Waals surface area contributed by atoms with Crippen molar-refractivity contribution in [2.75, 3.05) is 0 Å². The summed E-state index contributed by atoms with van der Waals surface area (Å²) in [7, 11) is 0. The molecular weight excluding hydrogens is 136 g/mol. The number of carbonyl (C=O) groups excluding carboxylic acids is 1. The number of hydrogen-bond donors (Lipinski definition) is 0. The molecular formula is C10H12O. The molecule has 0 radical (unpaired) electrons. The molecule has 0 N–H and O–H groups in total. The van der Waals surface area contributed by atoms with Crippen LogP contribution in [0.4, 0.5) is 0 Å². The fourth-order valence-corrected chi connectivity index (χ4v) is 3.29. The average Bonchev–Trinajstić information content (AvgIpc) is 2.52. The summed E-state index contributed by atoms with van der Waals surface area (Å²) in [6.45, 7) is 0. The summed E-state index contributed by atoms with van der Waals surface area (Å²) in [6.07, 6.45) is 7.89. The molecule has 2 bridgehead atoms. The van der Waals surface area contributed by atoms with E-state index in [2.05, 4.69) is 12.2 Å². The average molecular weight is 148 g/mol. The topological polar surface area (TPSA) is 17.1 Å². The minimum Gasteiger partial charge on any atom is -0.299 e. The highest BCUT2D eigenvalue weighted by molar-refractivity contribution is 5.85. The molecule has 0 spiro atoms. The molecule has 0 unspecified atom stereocenters. The molecule has 1 heteroatoms. The van der Waals surface area contributed by atoms with Gasteiger partial charge in [-0.2, -0.15) is 0 Å². The molecule has 2 saturated carbocycles. The van der Waals surface area contributed by atoms with E-state index in [0.717, 1.165) is 24.2 Å². The normalized spacial score (nSPS) is 52.2. The van der Waals surface area contributed by atoms with Crippen LogP contribution in [0.3, 0.4) is 0 Å². The predicted octanol–water partition coefficient (Wildman–Crippen LogP) is 1.79. The quantitative estimate of drug-likeness (QED) is 0.479. The van der Waals surface area contributed by atoms with Gasteiger partial charge in [0.25, 0.3) is 0 Å². The number of Topliss-reactive ketones (excluding diaryl/α,β-unsaturated/α-hetero) is 1. The van der Waals surface area contributed by atoms with Crippen LogP contribution >= 0.6 is 0 Å². The van der Waals surface area contributed by atoms with Crippen LogP contribution in [0.15, 0.2) is 12.2 Å². The Labute approximate surface area is 66.5 Å². The molecule has 1 nitrogen and oxygen atoms in total. The van der Waals surface area contributed by atoms with Crippen molar-refractivity contribution in [3.05, 3.63) is 12.2 Å². The summed E-state index contributed by atoms with van der Waals surface area (Å²) in [5, 5.41) is 0. The maximum absolute atomic E-state index is 11.4. The third-order valence-corrected chi connectivity index (χ3v) is 3.76. The Morgan fingerprint density at radius 3 is 3.27 bits per heavy atom. The van der Waals surface area contributed by atoms with E-state index in [1.54, 1.807) is 0 Å². The smallest absolute Gasteiger partial charge is 0.136 e. The van der Waals surface area contributed by atoms with Gasteiger partial charge in [-0.15, -0.1) is 0 Å². The highest BCUT2D eigenvalue weighted by Crippen LogP contribution is 2.54. The molecule has 58 valence electrons. The van der Waals surface area contributed by atoms with Crippen molar-refractivity contribution in [1.29, 1.82) is 0 Å². The second-order valence-corrected chi connectivity index (χ2v) is 4.18. The van der Waals surface area contributed by atoms with Gasteiger partial charge in [0.1, 0.15) is 5.78 Å². The van der Waals surface area contributed by atoms with Crippen molar-refractivity contribution >= 4 is 5.78 Å². The number of carbonyl (C=O) groups is 1. The van der Waals surface area contributed by atoms with Gasteiger partial charge >= 0.3 is 0 Å². The lowest BCUT2D eigenvalue weighted by Gasteiger charge is -2.22. The summed E-state index contributed by atoms with van der Waals surface area (Å²) in [4.78, 5) is 11.4. The standard InChI is InChI=1S/C10H12O/c11-10-5-6-4-9(10)8-3-1-2-7(6)8/h1-2,6-9H,3-5H2/t6-,7-,8+,9+/m1/s1. The first-order valence-electron chi connectivity index (χ1n) is 4.55. The van der Waals surface area contributed by atoms with E-state index in [4.69, 9.17) is 0 Å². The summed E-state index contributed by atoms with van der Waals surface area (Å²) in [5.74, 6) is 3.26. The van der Waals surface area contributed by atoms with Crippen LogP contribution in [-0.2, 0) is 4.79 Å². The van der Waals surface area contributed by atoms with Crippen LogP contribution in [0.25, 0.3) is 0 Å². The molecule has 0 heterocycles. The number of rotatable bonds is 0. The van der Waals surface area contributed by atoms with E-state index in [1.165, 1.54) is 12.8 Å². The van der Waals surface area contributed by atoms with Gasteiger partial charge < -0.3 is 0 Å². The lowest BCUT2D eigenvalue weighted by atomic mass is 9.81. The van der Waals surface area contributed by atoms with Crippen molar-refractivity contribution in [2.24, 2.45) is 23.7 Å². The molecule has 3 aliphatic rings. The zero-order valence-electron chi connectivity index (χ0n) is 6.49. The van der Waals surface area contributed by atoms with Crippen LogP contribution < -0.4 is 0 Å². The van der Waals surface area contributed by atoms with Crippen molar-refractivity contribution in [3.8, 4) is 0 Å².